The lowest BCUT2D eigenvalue weighted by Gasteiger charge is -2.08. The van der Waals surface area contributed by atoms with E-state index in [2.05, 4.69) is 34.2 Å². The maximum Gasteiger partial charge on any atom is 0.233 e. The number of aromatic nitrogens is 2. The molecule has 6 heteroatoms. The molecular formula is C21H21IN2O2S. The molecular weight excluding hydrogens is 471 g/mol. The lowest BCUT2D eigenvalue weighted by atomic mass is 10.2. The van der Waals surface area contributed by atoms with Crippen molar-refractivity contribution in [3.05, 3.63) is 81.8 Å². The third-order valence-electron chi connectivity index (χ3n) is 4.15. The van der Waals surface area contributed by atoms with Gasteiger partial charge in [-0.1, -0.05) is 55.1 Å². The van der Waals surface area contributed by atoms with E-state index in [1.807, 2.05) is 54.6 Å². The minimum Gasteiger partial charge on any atom is -0.310 e. The lowest BCUT2D eigenvalue weighted by molar-refractivity contribution is 0.584. The molecule has 2 aromatic carbocycles. The van der Waals surface area contributed by atoms with Gasteiger partial charge in [0.05, 0.1) is 17.6 Å². The summed E-state index contributed by atoms with van der Waals surface area (Å²) < 4.78 is 28.7. The molecule has 0 saturated heterocycles. The van der Waals surface area contributed by atoms with E-state index in [0.717, 1.165) is 27.5 Å². The number of hydrogen-bond donors (Lipinski definition) is 0. The fourth-order valence-electron chi connectivity index (χ4n) is 2.86. The fourth-order valence-corrected chi connectivity index (χ4v) is 4.44. The highest BCUT2D eigenvalue weighted by Gasteiger charge is 2.21. The number of para-hydroxylation sites is 2. The van der Waals surface area contributed by atoms with Crippen molar-refractivity contribution >= 4 is 43.5 Å². The van der Waals surface area contributed by atoms with Crippen LogP contribution in [-0.4, -0.2) is 18.0 Å². The van der Waals surface area contributed by atoms with Gasteiger partial charge in [0.1, 0.15) is 0 Å². The predicted octanol–water partition coefficient (Wildman–Crippen LogP) is 5.49. The molecule has 0 aliphatic heterocycles. The summed E-state index contributed by atoms with van der Waals surface area (Å²) in [4.78, 5) is 4.42. The van der Waals surface area contributed by atoms with Crippen LogP contribution in [0.5, 0.6) is 0 Å². The molecule has 3 rings (SSSR count). The van der Waals surface area contributed by atoms with E-state index in [1.165, 1.54) is 5.41 Å². The second-order valence-electron chi connectivity index (χ2n) is 6.28. The van der Waals surface area contributed by atoms with Gasteiger partial charge in [0.25, 0.3) is 0 Å². The van der Waals surface area contributed by atoms with Gasteiger partial charge in [0.15, 0.2) is 0 Å². The van der Waals surface area contributed by atoms with E-state index >= 15 is 0 Å². The highest BCUT2D eigenvalue weighted by Crippen LogP contribution is 2.23. The molecule has 4 nitrogen and oxygen atoms in total. The van der Waals surface area contributed by atoms with Crippen LogP contribution in [0.4, 0.5) is 0 Å². The molecule has 1 heterocycles. The van der Waals surface area contributed by atoms with Crippen LogP contribution >= 0.6 is 22.6 Å². The third kappa shape index (κ3) is 5.07. The largest absolute Gasteiger partial charge is 0.310 e. The Morgan fingerprint density at radius 1 is 1.11 bits per heavy atom. The second kappa shape index (κ2) is 8.84. The van der Waals surface area contributed by atoms with Crippen LogP contribution < -0.4 is 0 Å². The predicted molar refractivity (Wildman–Crippen MR) is 119 cm³/mol. The van der Waals surface area contributed by atoms with Gasteiger partial charge in [0, 0.05) is 5.41 Å². The number of nitrogens with zero attached hydrogens (tertiary/aromatic N) is 2. The maximum atomic E-state index is 12.9. The number of halogens is 1. The topological polar surface area (TPSA) is 52.0 Å². The molecule has 0 N–H and O–H groups in total. The standard InChI is InChI=1S/C21H21IN2O2S/c1-17(22)10-4-3-9-15-27(25,26)21-23-19-13-7-8-14-20(19)24(21)16-18-11-5-2-6-12-18/h2,5-9,11-15H,1,3-4,10,16H2/b15-9+. The molecule has 0 atom stereocenters. The first-order chi connectivity index (χ1) is 13.0. The Morgan fingerprint density at radius 3 is 2.56 bits per heavy atom. The van der Waals surface area contributed by atoms with Gasteiger partial charge in [-0.05, 0) is 63.1 Å². The molecule has 1 aromatic heterocycles. The first-order valence-corrected chi connectivity index (χ1v) is 11.3. The van der Waals surface area contributed by atoms with Crippen molar-refractivity contribution in [2.75, 3.05) is 0 Å². The Labute approximate surface area is 173 Å². The van der Waals surface area contributed by atoms with Crippen LogP contribution in [0.15, 0.2) is 81.4 Å². The van der Waals surface area contributed by atoms with Crippen molar-refractivity contribution in [2.24, 2.45) is 0 Å². The number of sulfone groups is 1. The molecule has 140 valence electrons. The van der Waals surface area contributed by atoms with Gasteiger partial charge in [-0.3, -0.25) is 0 Å². The lowest BCUT2D eigenvalue weighted by Crippen LogP contribution is -2.09. The summed E-state index contributed by atoms with van der Waals surface area (Å²) in [5.41, 5.74) is 2.53. The highest BCUT2D eigenvalue weighted by molar-refractivity contribution is 14.1. The average molecular weight is 492 g/mol. The van der Waals surface area contributed by atoms with E-state index in [4.69, 9.17) is 0 Å². The molecule has 0 fully saturated rings. The van der Waals surface area contributed by atoms with Crippen LogP contribution in [0.2, 0.25) is 0 Å². The van der Waals surface area contributed by atoms with Crippen LogP contribution in [0.3, 0.4) is 0 Å². The molecule has 0 aliphatic carbocycles. The van der Waals surface area contributed by atoms with Crippen molar-refractivity contribution in [3.8, 4) is 0 Å². The summed E-state index contributed by atoms with van der Waals surface area (Å²) in [6.07, 6.45) is 4.17. The summed E-state index contributed by atoms with van der Waals surface area (Å²) >= 11 is 2.19. The third-order valence-corrected chi connectivity index (χ3v) is 6.06. The Bertz CT molecular complexity index is 1070. The van der Waals surface area contributed by atoms with Gasteiger partial charge in [-0.25, -0.2) is 13.4 Å². The van der Waals surface area contributed by atoms with Crippen molar-refractivity contribution in [1.82, 2.24) is 9.55 Å². The zero-order valence-electron chi connectivity index (χ0n) is 14.9. The van der Waals surface area contributed by atoms with Crippen molar-refractivity contribution in [1.29, 1.82) is 0 Å². The maximum absolute atomic E-state index is 12.9. The first kappa shape index (κ1) is 19.8. The highest BCUT2D eigenvalue weighted by atomic mass is 127. The number of rotatable bonds is 8. The van der Waals surface area contributed by atoms with E-state index in [-0.39, 0.29) is 5.16 Å². The molecule has 0 unspecified atom stereocenters. The Morgan fingerprint density at radius 2 is 1.81 bits per heavy atom. The number of unbranched alkanes of at least 4 members (excludes halogenated alkanes) is 1. The number of imidazole rings is 1. The Balaban J connectivity index is 1.94. The normalized spacial score (nSPS) is 12.0. The van der Waals surface area contributed by atoms with Gasteiger partial charge < -0.3 is 4.57 Å². The van der Waals surface area contributed by atoms with E-state index in [0.29, 0.717) is 18.5 Å². The molecule has 0 spiro atoms. The van der Waals surface area contributed by atoms with Crippen LogP contribution in [0, 0.1) is 0 Å². The second-order valence-corrected chi connectivity index (χ2v) is 9.53. The van der Waals surface area contributed by atoms with Gasteiger partial charge in [-0.2, -0.15) is 0 Å². The van der Waals surface area contributed by atoms with E-state index in [9.17, 15) is 8.42 Å². The van der Waals surface area contributed by atoms with Gasteiger partial charge >= 0.3 is 0 Å². The SMILES string of the molecule is C=C(I)CCC/C=C/S(=O)(=O)c1nc2ccccc2n1Cc1ccccc1. The summed E-state index contributed by atoms with van der Waals surface area (Å²) in [5.74, 6) is 0. The monoisotopic (exact) mass is 492 g/mol. The summed E-state index contributed by atoms with van der Waals surface area (Å²) in [6, 6.07) is 17.3. The van der Waals surface area contributed by atoms with Gasteiger partial charge in [-0.15, -0.1) is 0 Å². The van der Waals surface area contributed by atoms with Gasteiger partial charge in [0.2, 0.25) is 15.0 Å². The van der Waals surface area contributed by atoms with Crippen LogP contribution in [0.25, 0.3) is 11.0 Å². The zero-order chi connectivity index (χ0) is 19.3. The molecule has 0 saturated carbocycles. The molecule has 27 heavy (non-hydrogen) atoms. The van der Waals surface area contributed by atoms with Crippen LogP contribution in [0.1, 0.15) is 24.8 Å². The minimum absolute atomic E-state index is 0.0853. The quantitative estimate of drug-likeness (QED) is 0.309. The number of benzene rings is 2. The fraction of sp³-hybridized carbons (Fsp3) is 0.190. The van der Waals surface area contributed by atoms with Crippen molar-refractivity contribution in [2.45, 2.75) is 31.0 Å². The van der Waals surface area contributed by atoms with E-state index < -0.39 is 9.84 Å². The van der Waals surface area contributed by atoms with E-state index in [1.54, 1.807) is 10.6 Å². The van der Waals surface area contributed by atoms with Crippen LogP contribution in [-0.2, 0) is 16.4 Å². The number of fused-ring (bicyclic) bond motifs is 1. The molecule has 3 aromatic rings. The summed E-state index contributed by atoms with van der Waals surface area (Å²) in [7, 11) is -3.63. The summed E-state index contributed by atoms with van der Waals surface area (Å²) in [6.45, 7) is 4.31. The average Bonchev–Trinajstić information content (AvgIpc) is 3.02. The van der Waals surface area contributed by atoms with Crippen molar-refractivity contribution in [3.63, 3.8) is 0 Å². The number of hydrogen-bond acceptors (Lipinski definition) is 3. The number of allylic oxidation sites excluding steroid dienone is 2. The Hall–Kier alpha value is -1.93. The molecule has 0 amide bonds. The molecule has 0 radical (unpaired) electrons. The molecule has 0 aliphatic rings. The molecule has 0 bridgehead atoms. The zero-order valence-corrected chi connectivity index (χ0v) is 17.9. The summed E-state index contributed by atoms with van der Waals surface area (Å²) in [5, 5.41) is 1.37. The Kier molecular flexibility index (Phi) is 6.49. The van der Waals surface area contributed by atoms with Crippen molar-refractivity contribution < 1.29 is 8.42 Å². The minimum atomic E-state index is -3.63. The first-order valence-electron chi connectivity index (χ1n) is 8.71. The smallest absolute Gasteiger partial charge is 0.233 e.